The first-order valence-corrected chi connectivity index (χ1v) is 7.88. The molecule has 0 bridgehead atoms. The molecule has 0 aliphatic heterocycles. The molecule has 17 heavy (non-hydrogen) atoms. The maximum atomic E-state index is 10.8. The molecule has 0 atom stereocenters. The lowest BCUT2D eigenvalue weighted by Gasteiger charge is -2.03. The van der Waals surface area contributed by atoms with Gasteiger partial charge < -0.3 is 5.32 Å². The van der Waals surface area contributed by atoms with Crippen LogP contribution in [0.5, 0.6) is 0 Å². The van der Waals surface area contributed by atoms with Crippen LogP contribution in [0.25, 0.3) is 4.96 Å². The Labute approximate surface area is 104 Å². The Kier molecular flexibility index (Phi) is 3.77. The minimum atomic E-state index is -3.09. The van der Waals surface area contributed by atoms with Crippen LogP contribution in [0, 0.1) is 0 Å². The molecule has 2 rings (SSSR count). The number of imidazole rings is 1. The first-order valence-electron chi connectivity index (χ1n) is 5.11. The van der Waals surface area contributed by atoms with Crippen LogP contribution in [-0.4, -0.2) is 37.1 Å². The van der Waals surface area contributed by atoms with Gasteiger partial charge in [0.2, 0.25) is 10.0 Å². The van der Waals surface area contributed by atoms with Crippen LogP contribution in [0.4, 0.5) is 0 Å². The zero-order valence-electron chi connectivity index (χ0n) is 9.38. The highest BCUT2D eigenvalue weighted by Crippen LogP contribution is 2.10. The highest BCUT2D eigenvalue weighted by molar-refractivity contribution is 7.88. The zero-order chi connectivity index (χ0) is 12.3. The third-order valence-corrected chi connectivity index (χ3v) is 3.61. The van der Waals surface area contributed by atoms with E-state index in [9.17, 15) is 8.42 Å². The van der Waals surface area contributed by atoms with Crippen molar-refractivity contribution in [2.24, 2.45) is 0 Å². The van der Waals surface area contributed by atoms with Crippen molar-refractivity contribution in [2.75, 3.05) is 19.3 Å². The number of thiazole rings is 1. The number of nitrogens with zero attached hydrogens (tertiary/aromatic N) is 2. The quantitative estimate of drug-likeness (QED) is 0.729. The summed E-state index contributed by atoms with van der Waals surface area (Å²) >= 11 is 1.59. The third kappa shape index (κ3) is 3.77. The van der Waals surface area contributed by atoms with Crippen molar-refractivity contribution in [3.63, 3.8) is 0 Å². The van der Waals surface area contributed by atoms with E-state index < -0.39 is 10.0 Å². The largest absolute Gasteiger partial charge is 0.310 e. The fraction of sp³-hybridized carbons (Fsp3) is 0.444. The van der Waals surface area contributed by atoms with Crippen molar-refractivity contribution in [1.82, 2.24) is 19.4 Å². The summed E-state index contributed by atoms with van der Waals surface area (Å²) in [5.74, 6) is 0. The van der Waals surface area contributed by atoms with Gasteiger partial charge in [0.05, 0.1) is 11.9 Å². The standard InChI is InChI=1S/C9H14N4O2S2/c1-17(14,15)11-3-2-10-6-8-7-13-4-5-16-9(13)12-8/h4-5,7,10-11H,2-3,6H2,1H3. The van der Waals surface area contributed by atoms with Gasteiger partial charge in [-0.3, -0.25) is 4.40 Å². The maximum absolute atomic E-state index is 10.8. The summed E-state index contributed by atoms with van der Waals surface area (Å²) in [5, 5.41) is 5.11. The molecule has 2 heterocycles. The predicted molar refractivity (Wildman–Crippen MR) is 67.6 cm³/mol. The lowest BCUT2D eigenvalue weighted by Crippen LogP contribution is -2.30. The fourth-order valence-electron chi connectivity index (χ4n) is 1.40. The van der Waals surface area contributed by atoms with Crippen LogP contribution in [-0.2, 0) is 16.6 Å². The van der Waals surface area contributed by atoms with E-state index in [0.717, 1.165) is 16.9 Å². The molecule has 6 nitrogen and oxygen atoms in total. The predicted octanol–water partition coefficient (Wildman–Crippen LogP) is 0.0346. The second-order valence-corrected chi connectivity index (χ2v) is 6.37. The van der Waals surface area contributed by atoms with E-state index in [2.05, 4.69) is 15.0 Å². The fourth-order valence-corrected chi connectivity index (χ4v) is 2.59. The van der Waals surface area contributed by atoms with Crippen LogP contribution < -0.4 is 10.0 Å². The molecule has 2 aromatic rings. The summed E-state index contributed by atoms with van der Waals surface area (Å²) < 4.78 is 26.0. The molecule has 0 radical (unpaired) electrons. The molecule has 0 aliphatic rings. The van der Waals surface area contributed by atoms with E-state index in [1.165, 1.54) is 0 Å². The van der Waals surface area contributed by atoms with E-state index in [4.69, 9.17) is 0 Å². The lowest BCUT2D eigenvalue weighted by molar-refractivity contribution is 0.581. The molecule has 2 N–H and O–H groups in total. The number of nitrogens with one attached hydrogen (secondary N) is 2. The third-order valence-electron chi connectivity index (χ3n) is 2.12. The van der Waals surface area contributed by atoms with E-state index in [1.54, 1.807) is 11.3 Å². The topological polar surface area (TPSA) is 75.5 Å². The Bertz CT molecular complexity index is 558. The Morgan fingerprint density at radius 3 is 3.00 bits per heavy atom. The molecule has 0 spiro atoms. The number of rotatable bonds is 6. The smallest absolute Gasteiger partial charge is 0.208 e. The van der Waals surface area contributed by atoms with Crippen LogP contribution >= 0.6 is 11.3 Å². The Morgan fingerprint density at radius 2 is 2.29 bits per heavy atom. The van der Waals surface area contributed by atoms with Crippen molar-refractivity contribution in [2.45, 2.75) is 6.54 Å². The zero-order valence-corrected chi connectivity index (χ0v) is 11.0. The van der Waals surface area contributed by atoms with Crippen LogP contribution in [0.3, 0.4) is 0 Å². The summed E-state index contributed by atoms with van der Waals surface area (Å²) in [6, 6.07) is 0. The molecule has 94 valence electrons. The Hall–Kier alpha value is -0.960. The van der Waals surface area contributed by atoms with Gasteiger partial charge in [-0.05, 0) is 0 Å². The van der Waals surface area contributed by atoms with Gasteiger partial charge in [0.1, 0.15) is 0 Å². The van der Waals surface area contributed by atoms with Crippen LogP contribution in [0.2, 0.25) is 0 Å². The second-order valence-electron chi connectivity index (χ2n) is 3.67. The molecular weight excluding hydrogens is 260 g/mol. The monoisotopic (exact) mass is 274 g/mol. The van der Waals surface area contributed by atoms with Gasteiger partial charge in [-0.2, -0.15) is 0 Å². The average Bonchev–Trinajstić information content (AvgIpc) is 2.75. The van der Waals surface area contributed by atoms with E-state index in [0.29, 0.717) is 19.6 Å². The number of hydrogen-bond acceptors (Lipinski definition) is 5. The molecule has 0 aliphatic carbocycles. The molecule has 8 heteroatoms. The normalized spacial score (nSPS) is 12.3. The molecule has 0 aromatic carbocycles. The molecule has 0 saturated heterocycles. The summed E-state index contributed by atoms with van der Waals surface area (Å²) in [7, 11) is -3.09. The van der Waals surface area contributed by atoms with Gasteiger partial charge in [0.15, 0.2) is 4.96 Å². The minimum Gasteiger partial charge on any atom is -0.310 e. The van der Waals surface area contributed by atoms with Crippen molar-refractivity contribution in [1.29, 1.82) is 0 Å². The number of fused-ring (bicyclic) bond motifs is 1. The molecule has 0 saturated carbocycles. The molecular formula is C9H14N4O2S2. The number of sulfonamides is 1. The van der Waals surface area contributed by atoms with Crippen molar-refractivity contribution < 1.29 is 8.42 Å². The van der Waals surface area contributed by atoms with Gasteiger partial charge in [-0.25, -0.2) is 18.1 Å². The van der Waals surface area contributed by atoms with Crippen LogP contribution in [0.1, 0.15) is 5.69 Å². The minimum absolute atomic E-state index is 0.390. The van der Waals surface area contributed by atoms with E-state index in [-0.39, 0.29) is 0 Å². The molecule has 0 amide bonds. The van der Waals surface area contributed by atoms with Gasteiger partial charge in [0.25, 0.3) is 0 Å². The molecule has 2 aromatic heterocycles. The second kappa shape index (κ2) is 5.13. The number of aromatic nitrogens is 2. The Morgan fingerprint density at radius 1 is 1.47 bits per heavy atom. The lowest BCUT2D eigenvalue weighted by atomic mass is 10.4. The highest BCUT2D eigenvalue weighted by Gasteiger charge is 2.02. The van der Waals surface area contributed by atoms with Gasteiger partial charge in [-0.15, -0.1) is 11.3 Å². The maximum Gasteiger partial charge on any atom is 0.208 e. The summed E-state index contributed by atoms with van der Waals surface area (Å²) in [6.45, 7) is 1.61. The van der Waals surface area contributed by atoms with Crippen molar-refractivity contribution >= 4 is 26.3 Å². The van der Waals surface area contributed by atoms with Gasteiger partial charge in [-0.1, -0.05) is 0 Å². The summed E-state index contributed by atoms with van der Waals surface area (Å²) in [5.41, 5.74) is 0.955. The van der Waals surface area contributed by atoms with Crippen molar-refractivity contribution in [3.05, 3.63) is 23.5 Å². The molecule has 0 unspecified atom stereocenters. The summed E-state index contributed by atoms with van der Waals surface area (Å²) in [6.07, 6.45) is 5.07. The number of hydrogen-bond donors (Lipinski definition) is 2. The summed E-state index contributed by atoms with van der Waals surface area (Å²) in [4.78, 5) is 5.37. The molecule has 0 fully saturated rings. The Balaban J connectivity index is 1.74. The van der Waals surface area contributed by atoms with Gasteiger partial charge in [0, 0.05) is 37.4 Å². The first-order chi connectivity index (χ1) is 8.04. The van der Waals surface area contributed by atoms with E-state index >= 15 is 0 Å². The average molecular weight is 274 g/mol. The van der Waals surface area contributed by atoms with Crippen molar-refractivity contribution in [3.8, 4) is 0 Å². The first kappa shape index (κ1) is 12.5. The van der Waals surface area contributed by atoms with Crippen LogP contribution in [0.15, 0.2) is 17.8 Å². The van der Waals surface area contributed by atoms with Gasteiger partial charge >= 0.3 is 0 Å². The van der Waals surface area contributed by atoms with E-state index in [1.807, 2.05) is 22.2 Å². The highest BCUT2D eigenvalue weighted by atomic mass is 32.2. The SMILES string of the molecule is CS(=O)(=O)NCCNCc1cn2ccsc2n1.